The third-order valence-electron chi connectivity index (χ3n) is 4.82. The highest BCUT2D eigenvalue weighted by Gasteiger charge is 2.35. The van der Waals surface area contributed by atoms with Crippen molar-refractivity contribution >= 4 is 17.7 Å². The second-order valence-corrected chi connectivity index (χ2v) is 7.83. The molecule has 0 aromatic heterocycles. The highest BCUT2D eigenvalue weighted by atomic mass is 32.2. The number of methoxy groups -OCH3 is 1. The SMILES string of the molecule is CCSc1ccccc1C(=O)NC[C@@]1(O)CCCc2cc(OC)ccc21. The van der Waals surface area contributed by atoms with Gasteiger partial charge in [0.1, 0.15) is 11.4 Å². The number of benzene rings is 2. The van der Waals surface area contributed by atoms with Crippen molar-refractivity contribution in [2.75, 3.05) is 19.4 Å². The Labute approximate surface area is 159 Å². The summed E-state index contributed by atoms with van der Waals surface area (Å²) in [6.07, 6.45) is 2.44. The largest absolute Gasteiger partial charge is 0.497 e. The lowest BCUT2D eigenvalue weighted by atomic mass is 9.79. The predicted molar refractivity (Wildman–Crippen MR) is 105 cm³/mol. The third kappa shape index (κ3) is 3.89. The van der Waals surface area contributed by atoms with Crippen LogP contribution >= 0.6 is 11.8 Å². The summed E-state index contributed by atoms with van der Waals surface area (Å²) in [5.41, 5.74) is 1.60. The number of carbonyl (C=O) groups is 1. The molecule has 138 valence electrons. The van der Waals surface area contributed by atoms with Gasteiger partial charge in [-0.2, -0.15) is 0 Å². The molecule has 0 aliphatic heterocycles. The number of nitrogens with one attached hydrogen (secondary N) is 1. The van der Waals surface area contributed by atoms with Gasteiger partial charge < -0.3 is 15.2 Å². The van der Waals surface area contributed by atoms with Crippen LogP contribution in [-0.4, -0.2) is 30.4 Å². The van der Waals surface area contributed by atoms with Gasteiger partial charge in [0, 0.05) is 4.90 Å². The van der Waals surface area contributed by atoms with Crippen molar-refractivity contribution in [3.63, 3.8) is 0 Å². The van der Waals surface area contributed by atoms with Gasteiger partial charge in [-0.05, 0) is 60.4 Å². The van der Waals surface area contributed by atoms with E-state index in [1.54, 1.807) is 18.9 Å². The first-order chi connectivity index (χ1) is 12.6. The molecule has 4 nitrogen and oxygen atoms in total. The smallest absolute Gasteiger partial charge is 0.252 e. The molecule has 2 aromatic rings. The molecule has 0 radical (unpaired) electrons. The summed E-state index contributed by atoms with van der Waals surface area (Å²) in [7, 11) is 1.64. The van der Waals surface area contributed by atoms with E-state index in [-0.39, 0.29) is 12.5 Å². The molecular formula is C21H25NO3S. The Balaban J connectivity index is 1.77. The van der Waals surface area contributed by atoms with E-state index in [0.29, 0.717) is 12.0 Å². The third-order valence-corrected chi connectivity index (χ3v) is 5.78. The van der Waals surface area contributed by atoms with Crippen molar-refractivity contribution < 1.29 is 14.6 Å². The molecule has 2 N–H and O–H groups in total. The molecule has 3 rings (SSSR count). The standard InChI is InChI=1S/C21H25NO3S/c1-3-26-19-9-5-4-8-17(19)20(23)22-14-21(24)12-6-7-15-13-16(25-2)10-11-18(15)21/h4-5,8-11,13,24H,3,6-7,12,14H2,1-2H3,(H,22,23)/t21-/m0/s1. The number of hydrogen-bond acceptors (Lipinski definition) is 4. The number of ether oxygens (including phenoxy) is 1. The summed E-state index contributed by atoms with van der Waals surface area (Å²) in [6.45, 7) is 2.27. The maximum atomic E-state index is 12.7. The van der Waals surface area contributed by atoms with Crippen LogP contribution in [-0.2, 0) is 12.0 Å². The first-order valence-corrected chi connectivity index (χ1v) is 9.96. The van der Waals surface area contributed by atoms with Crippen LogP contribution in [0.1, 0.15) is 41.3 Å². The summed E-state index contributed by atoms with van der Waals surface area (Å²) in [5.74, 6) is 1.56. The Morgan fingerprint density at radius 2 is 2.12 bits per heavy atom. The van der Waals surface area contributed by atoms with Crippen molar-refractivity contribution in [2.45, 2.75) is 36.7 Å². The van der Waals surface area contributed by atoms with Crippen LogP contribution in [0.25, 0.3) is 0 Å². The van der Waals surface area contributed by atoms with E-state index in [1.807, 2.05) is 42.5 Å². The number of carbonyl (C=O) groups excluding carboxylic acids is 1. The van der Waals surface area contributed by atoms with Crippen LogP contribution < -0.4 is 10.1 Å². The highest BCUT2D eigenvalue weighted by molar-refractivity contribution is 7.99. The number of amides is 1. The minimum absolute atomic E-state index is 0.143. The van der Waals surface area contributed by atoms with Crippen LogP contribution in [0.2, 0.25) is 0 Å². The van der Waals surface area contributed by atoms with Crippen LogP contribution in [0.15, 0.2) is 47.4 Å². The van der Waals surface area contributed by atoms with Crippen molar-refractivity contribution in [1.29, 1.82) is 0 Å². The summed E-state index contributed by atoms with van der Waals surface area (Å²) in [4.78, 5) is 13.6. The zero-order chi connectivity index (χ0) is 18.6. The summed E-state index contributed by atoms with van der Waals surface area (Å²) in [5, 5.41) is 14.1. The molecule has 1 amide bonds. The fourth-order valence-electron chi connectivity index (χ4n) is 3.50. The highest BCUT2D eigenvalue weighted by Crippen LogP contribution is 2.36. The number of hydrogen-bond donors (Lipinski definition) is 2. The van der Waals surface area contributed by atoms with Crippen LogP contribution in [0, 0.1) is 0 Å². The number of rotatable bonds is 6. The lowest BCUT2D eigenvalue weighted by Gasteiger charge is -2.35. The molecule has 0 saturated heterocycles. The Bertz CT molecular complexity index is 793. The molecule has 1 aliphatic carbocycles. The average Bonchev–Trinajstić information content (AvgIpc) is 2.67. The topological polar surface area (TPSA) is 58.6 Å². The van der Waals surface area contributed by atoms with Crippen LogP contribution in [0.3, 0.4) is 0 Å². The van der Waals surface area contributed by atoms with E-state index >= 15 is 0 Å². The molecule has 0 spiro atoms. The van der Waals surface area contributed by atoms with Gasteiger partial charge in [-0.1, -0.05) is 25.1 Å². The molecule has 1 aliphatic rings. The van der Waals surface area contributed by atoms with Gasteiger partial charge in [0.2, 0.25) is 0 Å². The first kappa shape index (κ1) is 18.8. The van der Waals surface area contributed by atoms with Gasteiger partial charge in [0.15, 0.2) is 0 Å². The van der Waals surface area contributed by atoms with Gasteiger partial charge >= 0.3 is 0 Å². The summed E-state index contributed by atoms with van der Waals surface area (Å²) >= 11 is 1.65. The molecule has 2 aromatic carbocycles. The minimum atomic E-state index is -1.04. The normalized spacial score (nSPS) is 18.9. The molecule has 26 heavy (non-hydrogen) atoms. The fourth-order valence-corrected chi connectivity index (χ4v) is 4.31. The molecule has 0 heterocycles. The minimum Gasteiger partial charge on any atom is -0.497 e. The monoisotopic (exact) mass is 371 g/mol. The summed E-state index contributed by atoms with van der Waals surface area (Å²) < 4.78 is 5.29. The van der Waals surface area contributed by atoms with E-state index in [9.17, 15) is 9.90 Å². The van der Waals surface area contributed by atoms with Gasteiger partial charge in [0.25, 0.3) is 5.91 Å². The van der Waals surface area contributed by atoms with Gasteiger partial charge in [-0.25, -0.2) is 0 Å². The van der Waals surface area contributed by atoms with Crippen molar-refractivity contribution in [1.82, 2.24) is 5.32 Å². The summed E-state index contributed by atoms with van der Waals surface area (Å²) in [6, 6.07) is 13.4. The van der Waals surface area contributed by atoms with E-state index in [1.165, 1.54) is 0 Å². The lowest BCUT2D eigenvalue weighted by molar-refractivity contribution is 0.0188. The fraction of sp³-hybridized carbons (Fsp3) is 0.381. The Morgan fingerprint density at radius 1 is 1.31 bits per heavy atom. The second kappa shape index (κ2) is 8.14. The van der Waals surface area contributed by atoms with Gasteiger partial charge in [0.05, 0.1) is 19.2 Å². The molecule has 0 fully saturated rings. The van der Waals surface area contributed by atoms with E-state index in [2.05, 4.69) is 12.2 Å². The van der Waals surface area contributed by atoms with Crippen LogP contribution in [0.4, 0.5) is 0 Å². The van der Waals surface area contributed by atoms with E-state index in [4.69, 9.17) is 4.74 Å². The van der Waals surface area contributed by atoms with Crippen molar-refractivity contribution in [2.24, 2.45) is 0 Å². The zero-order valence-electron chi connectivity index (χ0n) is 15.2. The lowest BCUT2D eigenvalue weighted by Crippen LogP contribution is -2.43. The molecule has 0 unspecified atom stereocenters. The molecule has 0 saturated carbocycles. The second-order valence-electron chi connectivity index (χ2n) is 6.52. The van der Waals surface area contributed by atoms with Gasteiger partial charge in [-0.15, -0.1) is 11.8 Å². The Kier molecular flexibility index (Phi) is 5.89. The Hall–Kier alpha value is -1.98. The molecule has 1 atom stereocenters. The Morgan fingerprint density at radius 3 is 2.88 bits per heavy atom. The van der Waals surface area contributed by atoms with E-state index < -0.39 is 5.60 Å². The quantitative estimate of drug-likeness (QED) is 0.759. The number of aliphatic hydroxyl groups is 1. The first-order valence-electron chi connectivity index (χ1n) is 8.97. The zero-order valence-corrected chi connectivity index (χ0v) is 16.1. The predicted octanol–water partition coefficient (Wildman–Crippen LogP) is 3.76. The van der Waals surface area contributed by atoms with E-state index in [0.717, 1.165) is 40.4 Å². The number of aryl methyl sites for hydroxylation is 1. The van der Waals surface area contributed by atoms with Crippen molar-refractivity contribution in [3.05, 3.63) is 59.2 Å². The molecular weight excluding hydrogens is 346 g/mol. The maximum absolute atomic E-state index is 12.7. The maximum Gasteiger partial charge on any atom is 0.252 e. The number of fused-ring (bicyclic) bond motifs is 1. The van der Waals surface area contributed by atoms with Gasteiger partial charge in [-0.3, -0.25) is 4.79 Å². The molecule has 5 heteroatoms. The van der Waals surface area contributed by atoms with Crippen molar-refractivity contribution in [3.8, 4) is 5.75 Å². The average molecular weight is 372 g/mol. The molecule has 0 bridgehead atoms. The van der Waals surface area contributed by atoms with Crippen LogP contribution in [0.5, 0.6) is 5.75 Å². The number of thioether (sulfide) groups is 1.